The Morgan fingerprint density at radius 1 is 1.27 bits per heavy atom. The maximum absolute atomic E-state index is 11.6. The summed E-state index contributed by atoms with van der Waals surface area (Å²) in [6.07, 6.45) is 5.98. The number of nitrogens with two attached hydrogens (primary N) is 1. The molecule has 0 aliphatic heterocycles. The second-order valence-electron chi connectivity index (χ2n) is 6.95. The first kappa shape index (κ1) is 20.6. The molecule has 0 spiro atoms. The van der Waals surface area contributed by atoms with Gasteiger partial charge in [0.05, 0.1) is 0 Å². The summed E-state index contributed by atoms with van der Waals surface area (Å²) in [6.45, 7) is 2.21. The average Bonchev–Trinajstić information content (AvgIpc) is 3.04. The molecule has 1 amide bonds. The Bertz CT molecular complexity index is 601. The molecule has 7 heteroatoms. The first-order valence-corrected chi connectivity index (χ1v) is 10.1. The summed E-state index contributed by atoms with van der Waals surface area (Å²) in [7, 11) is 0. The number of thioether (sulfide) groups is 1. The summed E-state index contributed by atoms with van der Waals surface area (Å²) >= 11 is 1.80. The van der Waals surface area contributed by atoms with Gasteiger partial charge in [-0.1, -0.05) is 25.0 Å². The summed E-state index contributed by atoms with van der Waals surface area (Å²) in [6, 6.07) is 6.69. The van der Waals surface area contributed by atoms with Crippen LogP contribution in [0.2, 0.25) is 0 Å². The molecule has 144 valence electrons. The fourth-order valence-corrected chi connectivity index (χ4v) is 4.80. The topological polar surface area (TPSA) is 104 Å². The van der Waals surface area contributed by atoms with Gasteiger partial charge in [-0.15, -0.1) is 11.8 Å². The molecule has 2 rings (SSSR count). The highest BCUT2D eigenvalue weighted by Crippen LogP contribution is 2.43. The van der Waals surface area contributed by atoms with Crippen LogP contribution in [0.4, 0.5) is 5.69 Å². The maximum atomic E-state index is 11.6. The maximum Gasteiger partial charge on any atom is 0.321 e. The summed E-state index contributed by atoms with van der Waals surface area (Å²) in [4.78, 5) is 22.7. The highest BCUT2D eigenvalue weighted by Gasteiger charge is 2.34. The highest BCUT2D eigenvalue weighted by atomic mass is 32.2. The number of carboxylic acid groups (broad SMARTS) is 1. The van der Waals surface area contributed by atoms with Gasteiger partial charge in [0.15, 0.2) is 0 Å². The summed E-state index contributed by atoms with van der Waals surface area (Å²) in [5.41, 5.74) is 7.30. The number of amides is 1. The van der Waals surface area contributed by atoms with Crippen LogP contribution in [0.25, 0.3) is 0 Å². The summed E-state index contributed by atoms with van der Waals surface area (Å²) < 4.78 is 0.139. The number of anilines is 1. The third-order valence-corrected chi connectivity index (χ3v) is 6.43. The Hall–Kier alpha value is -1.73. The van der Waals surface area contributed by atoms with Gasteiger partial charge in [-0.3, -0.25) is 14.9 Å². The third kappa shape index (κ3) is 6.53. The smallest absolute Gasteiger partial charge is 0.321 e. The number of rotatable bonds is 10. The van der Waals surface area contributed by atoms with E-state index in [4.69, 9.17) is 5.73 Å². The number of hydrogen-bond acceptors (Lipinski definition) is 5. The fraction of sp³-hybridized carbons (Fsp3) is 0.579. The lowest BCUT2D eigenvalue weighted by atomic mass is 10.0. The number of nitrogens with one attached hydrogen (secondary N) is 2. The summed E-state index contributed by atoms with van der Waals surface area (Å²) in [5, 5.41) is 15.6. The number of hydrogen-bond donors (Lipinski definition) is 4. The van der Waals surface area contributed by atoms with Crippen LogP contribution in [0.3, 0.4) is 0 Å². The van der Waals surface area contributed by atoms with E-state index in [0.29, 0.717) is 24.5 Å². The van der Waals surface area contributed by atoms with E-state index in [2.05, 4.69) is 10.6 Å². The molecule has 1 aromatic carbocycles. The minimum Gasteiger partial charge on any atom is -0.480 e. The van der Waals surface area contributed by atoms with Crippen molar-refractivity contribution in [1.29, 1.82) is 0 Å². The Morgan fingerprint density at radius 3 is 2.50 bits per heavy atom. The predicted molar refractivity (Wildman–Crippen MR) is 106 cm³/mol. The van der Waals surface area contributed by atoms with Crippen molar-refractivity contribution in [3.8, 4) is 0 Å². The number of carbonyl (C=O) groups excluding carboxylic acids is 1. The Morgan fingerprint density at radius 2 is 1.92 bits per heavy atom. The highest BCUT2D eigenvalue weighted by molar-refractivity contribution is 8.00. The number of benzene rings is 1. The lowest BCUT2D eigenvalue weighted by Crippen LogP contribution is -2.40. The van der Waals surface area contributed by atoms with Gasteiger partial charge in [0.25, 0.3) is 0 Å². The molecule has 0 saturated heterocycles. The van der Waals surface area contributed by atoms with Crippen LogP contribution >= 0.6 is 11.8 Å². The zero-order valence-corrected chi connectivity index (χ0v) is 16.1. The second-order valence-corrected chi connectivity index (χ2v) is 8.40. The van der Waals surface area contributed by atoms with Gasteiger partial charge < -0.3 is 16.2 Å². The van der Waals surface area contributed by atoms with Crippen molar-refractivity contribution < 1.29 is 14.7 Å². The number of carboxylic acids is 1. The van der Waals surface area contributed by atoms with E-state index in [0.717, 1.165) is 24.8 Å². The minimum atomic E-state index is -0.846. The van der Waals surface area contributed by atoms with Gasteiger partial charge in [0, 0.05) is 29.8 Å². The zero-order valence-electron chi connectivity index (χ0n) is 15.3. The van der Waals surface area contributed by atoms with Crippen molar-refractivity contribution in [3.05, 3.63) is 29.8 Å². The van der Waals surface area contributed by atoms with E-state index in [1.54, 1.807) is 23.9 Å². The standard InChI is InChI=1S/C19H29N3O3S/c1-14(23)21-11-10-19(8-2-3-9-19)26-13-22-17(18(24)25)12-15-4-6-16(20)7-5-15/h4-7,17,22H,2-3,8-13,20H2,1H3,(H,21,23)(H,24,25)/t17-/m0/s1. The van der Waals surface area contributed by atoms with Crippen LogP contribution in [-0.4, -0.2) is 40.2 Å². The third-order valence-electron chi connectivity index (χ3n) is 4.90. The van der Waals surface area contributed by atoms with Crippen molar-refractivity contribution in [3.63, 3.8) is 0 Å². The van der Waals surface area contributed by atoms with Gasteiger partial charge >= 0.3 is 5.97 Å². The van der Waals surface area contributed by atoms with E-state index in [1.807, 2.05) is 12.1 Å². The minimum absolute atomic E-state index is 0.00397. The van der Waals surface area contributed by atoms with Crippen LogP contribution in [0, 0.1) is 0 Å². The molecule has 0 unspecified atom stereocenters. The molecule has 1 aliphatic carbocycles. The van der Waals surface area contributed by atoms with E-state index >= 15 is 0 Å². The Balaban J connectivity index is 1.85. The Kier molecular flexibility index (Phi) is 7.78. The van der Waals surface area contributed by atoms with Crippen molar-refractivity contribution in [2.45, 2.75) is 56.2 Å². The second kappa shape index (κ2) is 9.83. The number of aliphatic carboxylic acids is 1. The molecule has 0 aromatic heterocycles. The SMILES string of the molecule is CC(=O)NCCC1(SCN[C@@H](Cc2ccc(N)cc2)C(=O)O)CCCC1. The molecular formula is C19H29N3O3S. The van der Waals surface area contributed by atoms with E-state index in [1.165, 1.54) is 19.8 Å². The average molecular weight is 380 g/mol. The van der Waals surface area contributed by atoms with Crippen LogP contribution in [0.15, 0.2) is 24.3 Å². The number of nitrogen functional groups attached to an aromatic ring is 1. The molecule has 0 radical (unpaired) electrons. The van der Waals surface area contributed by atoms with Crippen LogP contribution < -0.4 is 16.4 Å². The zero-order chi connectivity index (χ0) is 19.0. The van der Waals surface area contributed by atoms with Gasteiger partial charge in [-0.05, 0) is 43.4 Å². The van der Waals surface area contributed by atoms with E-state index in [9.17, 15) is 14.7 Å². The molecule has 1 fully saturated rings. The van der Waals surface area contributed by atoms with Crippen molar-refractivity contribution in [2.24, 2.45) is 0 Å². The van der Waals surface area contributed by atoms with Crippen molar-refractivity contribution in [1.82, 2.24) is 10.6 Å². The quantitative estimate of drug-likeness (QED) is 0.367. The molecular weight excluding hydrogens is 350 g/mol. The van der Waals surface area contributed by atoms with Gasteiger partial charge in [-0.25, -0.2) is 0 Å². The number of carbonyl (C=O) groups is 2. The first-order chi connectivity index (χ1) is 12.4. The molecule has 1 atom stereocenters. The summed E-state index contributed by atoms with van der Waals surface area (Å²) in [5.74, 6) is -0.261. The van der Waals surface area contributed by atoms with E-state index < -0.39 is 12.0 Å². The monoisotopic (exact) mass is 379 g/mol. The van der Waals surface area contributed by atoms with Crippen LogP contribution in [0.5, 0.6) is 0 Å². The molecule has 0 heterocycles. The molecule has 1 aromatic rings. The van der Waals surface area contributed by atoms with Gasteiger partial charge in [0.2, 0.25) is 5.91 Å². The lowest BCUT2D eigenvalue weighted by molar-refractivity contribution is -0.139. The molecule has 6 nitrogen and oxygen atoms in total. The van der Waals surface area contributed by atoms with Crippen molar-refractivity contribution >= 4 is 29.3 Å². The molecule has 26 heavy (non-hydrogen) atoms. The molecule has 1 saturated carbocycles. The van der Waals surface area contributed by atoms with Crippen LogP contribution in [0.1, 0.15) is 44.6 Å². The first-order valence-electron chi connectivity index (χ1n) is 9.09. The largest absolute Gasteiger partial charge is 0.480 e. The fourth-order valence-electron chi connectivity index (χ4n) is 3.38. The van der Waals surface area contributed by atoms with Gasteiger partial charge in [0.1, 0.15) is 6.04 Å². The van der Waals surface area contributed by atoms with E-state index in [-0.39, 0.29) is 10.7 Å². The normalized spacial score (nSPS) is 17.0. The Labute approximate surface area is 159 Å². The predicted octanol–water partition coefficient (Wildman–Crippen LogP) is 2.38. The lowest BCUT2D eigenvalue weighted by Gasteiger charge is -2.29. The molecule has 0 bridgehead atoms. The van der Waals surface area contributed by atoms with Crippen molar-refractivity contribution in [2.75, 3.05) is 18.2 Å². The molecule has 1 aliphatic rings. The molecule has 5 N–H and O–H groups in total. The van der Waals surface area contributed by atoms with Gasteiger partial charge in [-0.2, -0.15) is 0 Å². The van der Waals surface area contributed by atoms with Crippen LogP contribution in [-0.2, 0) is 16.0 Å².